The summed E-state index contributed by atoms with van der Waals surface area (Å²) in [5.74, 6) is 0.970. The molecule has 2 aromatic rings. The Morgan fingerprint density at radius 1 is 1.29 bits per heavy atom. The lowest BCUT2D eigenvalue weighted by molar-refractivity contribution is 0.462. The van der Waals surface area contributed by atoms with Gasteiger partial charge >= 0.3 is 0 Å². The Morgan fingerprint density at radius 3 is 2.75 bits per heavy atom. The molecular formula is C20H32IN5S2. The van der Waals surface area contributed by atoms with Crippen molar-refractivity contribution in [3.8, 4) is 0 Å². The van der Waals surface area contributed by atoms with Crippen molar-refractivity contribution in [1.29, 1.82) is 0 Å². The average molecular weight is 534 g/mol. The molecule has 2 N–H and O–H groups in total. The maximum Gasteiger partial charge on any atom is 0.191 e. The van der Waals surface area contributed by atoms with Gasteiger partial charge in [0, 0.05) is 43.3 Å². The van der Waals surface area contributed by atoms with Gasteiger partial charge in [0.05, 0.1) is 10.0 Å². The molecule has 28 heavy (non-hydrogen) atoms. The van der Waals surface area contributed by atoms with Crippen molar-refractivity contribution in [3.05, 3.63) is 33.6 Å². The van der Waals surface area contributed by atoms with Crippen LogP contribution in [0.1, 0.15) is 43.3 Å². The molecule has 2 aromatic heterocycles. The first-order valence-corrected chi connectivity index (χ1v) is 11.7. The number of halogens is 1. The zero-order valence-electron chi connectivity index (χ0n) is 16.8. The molecule has 1 saturated heterocycles. The molecule has 0 spiro atoms. The van der Waals surface area contributed by atoms with Crippen molar-refractivity contribution in [2.45, 2.75) is 52.0 Å². The first-order chi connectivity index (χ1) is 13.2. The van der Waals surface area contributed by atoms with Crippen molar-refractivity contribution in [2.75, 3.05) is 31.1 Å². The Hall–Kier alpha value is -0.870. The normalized spacial score (nSPS) is 15.4. The number of hydrogen-bond donors (Lipinski definition) is 2. The van der Waals surface area contributed by atoms with Crippen molar-refractivity contribution in [2.24, 2.45) is 4.99 Å². The quantitative estimate of drug-likeness (QED) is 0.224. The molecule has 0 amide bonds. The predicted molar refractivity (Wildman–Crippen MR) is 134 cm³/mol. The van der Waals surface area contributed by atoms with E-state index in [1.54, 1.807) is 11.3 Å². The number of piperidine rings is 1. The number of aromatic nitrogens is 1. The minimum atomic E-state index is 0. The summed E-state index contributed by atoms with van der Waals surface area (Å²) in [4.78, 5) is 11.8. The van der Waals surface area contributed by atoms with Crippen LogP contribution in [0.15, 0.2) is 27.9 Å². The molecule has 0 unspecified atom stereocenters. The molecule has 0 aliphatic carbocycles. The second-order valence-electron chi connectivity index (χ2n) is 6.96. The molecular weight excluding hydrogens is 501 g/mol. The Labute approximate surface area is 194 Å². The van der Waals surface area contributed by atoms with Crippen LogP contribution >= 0.6 is 46.7 Å². The molecule has 5 nitrogen and oxygen atoms in total. The van der Waals surface area contributed by atoms with Gasteiger partial charge in [-0.15, -0.1) is 46.7 Å². The SMILES string of the molecule is CCNC(=NCCCCc1nc(C)cs1)NC1CCN(c2cccs2)CC1.I. The lowest BCUT2D eigenvalue weighted by atomic mass is 10.1. The van der Waals surface area contributed by atoms with E-state index in [0.717, 1.165) is 69.9 Å². The van der Waals surface area contributed by atoms with Gasteiger partial charge in [-0.3, -0.25) is 4.99 Å². The lowest BCUT2D eigenvalue weighted by Crippen LogP contribution is -2.48. The molecule has 1 aliphatic heterocycles. The van der Waals surface area contributed by atoms with E-state index in [9.17, 15) is 0 Å². The van der Waals surface area contributed by atoms with Crippen molar-refractivity contribution >= 4 is 57.6 Å². The average Bonchev–Trinajstić information content (AvgIpc) is 3.34. The smallest absolute Gasteiger partial charge is 0.191 e. The van der Waals surface area contributed by atoms with Gasteiger partial charge in [0.1, 0.15) is 0 Å². The monoisotopic (exact) mass is 533 g/mol. The van der Waals surface area contributed by atoms with Crippen LogP contribution in [0.3, 0.4) is 0 Å². The second kappa shape index (κ2) is 12.6. The number of thiophene rings is 1. The Balaban J connectivity index is 0.00000280. The highest BCUT2D eigenvalue weighted by atomic mass is 127. The number of aliphatic imine (C=N–C) groups is 1. The van der Waals surface area contributed by atoms with Crippen LogP contribution in [-0.2, 0) is 6.42 Å². The summed E-state index contributed by atoms with van der Waals surface area (Å²) < 4.78 is 0. The number of thiazole rings is 1. The van der Waals surface area contributed by atoms with Crippen LogP contribution in [-0.4, -0.2) is 43.2 Å². The molecule has 156 valence electrons. The number of guanidine groups is 1. The summed E-state index contributed by atoms with van der Waals surface area (Å²) in [5, 5.41) is 14.0. The molecule has 1 fully saturated rings. The standard InChI is InChI=1S/C20H31N5S2.HI/c1-3-21-20(22-11-5-4-7-18-23-16(2)15-27-18)24-17-9-12-25(13-10-17)19-8-6-14-26-19;/h6,8,14-15,17H,3-5,7,9-13H2,1-2H3,(H2,21,22,24);1H. The lowest BCUT2D eigenvalue weighted by Gasteiger charge is -2.33. The van der Waals surface area contributed by atoms with Crippen LogP contribution in [0.25, 0.3) is 0 Å². The molecule has 3 rings (SSSR count). The highest BCUT2D eigenvalue weighted by molar-refractivity contribution is 14.0. The maximum atomic E-state index is 4.78. The van der Waals surface area contributed by atoms with Crippen LogP contribution < -0.4 is 15.5 Å². The zero-order chi connectivity index (χ0) is 18.9. The molecule has 0 radical (unpaired) electrons. The van der Waals surface area contributed by atoms with Crippen LogP contribution in [0.5, 0.6) is 0 Å². The van der Waals surface area contributed by atoms with Crippen LogP contribution in [0.4, 0.5) is 5.00 Å². The van der Waals surface area contributed by atoms with Gasteiger partial charge in [0.15, 0.2) is 5.96 Å². The topological polar surface area (TPSA) is 52.6 Å². The van der Waals surface area contributed by atoms with E-state index < -0.39 is 0 Å². The van der Waals surface area contributed by atoms with Crippen molar-refractivity contribution in [3.63, 3.8) is 0 Å². The van der Waals surface area contributed by atoms with Gasteiger partial charge in [0.25, 0.3) is 0 Å². The van der Waals surface area contributed by atoms with E-state index >= 15 is 0 Å². The van der Waals surface area contributed by atoms with Gasteiger partial charge in [-0.05, 0) is 63.5 Å². The zero-order valence-corrected chi connectivity index (χ0v) is 20.8. The number of anilines is 1. The van der Waals surface area contributed by atoms with Crippen LogP contribution in [0.2, 0.25) is 0 Å². The number of nitrogens with zero attached hydrogens (tertiary/aromatic N) is 3. The first kappa shape index (κ1) is 23.4. The van der Waals surface area contributed by atoms with E-state index in [-0.39, 0.29) is 24.0 Å². The molecule has 0 saturated carbocycles. The number of unbranched alkanes of at least 4 members (excludes halogenated alkanes) is 1. The summed E-state index contributed by atoms with van der Waals surface area (Å²) in [5.41, 5.74) is 1.14. The van der Waals surface area contributed by atoms with E-state index in [2.05, 4.69) is 57.3 Å². The number of aryl methyl sites for hydroxylation is 2. The van der Waals surface area contributed by atoms with Crippen molar-refractivity contribution < 1.29 is 0 Å². The van der Waals surface area contributed by atoms with E-state index in [1.807, 2.05) is 11.3 Å². The summed E-state index contributed by atoms with van der Waals surface area (Å²) in [6, 6.07) is 4.87. The highest BCUT2D eigenvalue weighted by Gasteiger charge is 2.20. The minimum absolute atomic E-state index is 0. The Morgan fingerprint density at radius 2 is 2.11 bits per heavy atom. The van der Waals surface area contributed by atoms with Gasteiger partial charge in [0.2, 0.25) is 0 Å². The molecule has 0 atom stereocenters. The summed E-state index contributed by atoms with van der Waals surface area (Å²) in [6.07, 6.45) is 5.64. The Kier molecular flexibility index (Phi) is 10.6. The predicted octanol–water partition coefficient (Wildman–Crippen LogP) is 4.68. The molecule has 0 aromatic carbocycles. The van der Waals surface area contributed by atoms with Crippen LogP contribution in [0, 0.1) is 6.92 Å². The Bertz CT molecular complexity index is 693. The summed E-state index contributed by atoms with van der Waals surface area (Å²) >= 11 is 3.60. The number of rotatable bonds is 8. The van der Waals surface area contributed by atoms with Crippen molar-refractivity contribution in [1.82, 2.24) is 15.6 Å². The largest absolute Gasteiger partial charge is 0.363 e. The summed E-state index contributed by atoms with van der Waals surface area (Å²) in [6.45, 7) is 8.19. The van der Waals surface area contributed by atoms with E-state index in [4.69, 9.17) is 4.99 Å². The van der Waals surface area contributed by atoms with Gasteiger partial charge < -0.3 is 15.5 Å². The number of hydrogen-bond acceptors (Lipinski definition) is 5. The first-order valence-electron chi connectivity index (χ1n) is 9.99. The third-order valence-electron chi connectivity index (χ3n) is 4.73. The highest BCUT2D eigenvalue weighted by Crippen LogP contribution is 2.24. The maximum absolute atomic E-state index is 4.78. The fourth-order valence-electron chi connectivity index (χ4n) is 3.30. The van der Waals surface area contributed by atoms with E-state index in [0.29, 0.717) is 6.04 Å². The van der Waals surface area contributed by atoms with E-state index in [1.165, 1.54) is 10.0 Å². The van der Waals surface area contributed by atoms with Gasteiger partial charge in [-0.2, -0.15) is 0 Å². The molecule has 8 heteroatoms. The molecule has 0 bridgehead atoms. The summed E-state index contributed by atoms with van der Waals surface area (Å²) in [7, 11) is 0. The number of nitrogens with one attached hydrogen (secondary N) is 2. The van der Waals surface area contributed by atoms with Gasteiger partial charge in [-0.1, -0.05) is 0 Å². The van der Waals surface area contributed by atoms with Gasteiger partial charge in [-0.25, -0.2) is 4.98 Å². The third kappa shape index (κ3) is 7.51. The minimum Gasteiger partial charge on any atom is -0.363 e. The molecule has 3 heterocycles. The second-order valence-corrected chi connectivity index (χ2v) is 8.83. The third-order valence-corrected chi connectivity index (χ3v) is 6.69. The fraction of sp³-hybridized carbons (Fsp3) is 0.600. The molecule has 1 aliphatic rings. The fourth-order valence-corrected chi connectivity index (χ4v) is 4.91.